The van der Waals surface area contributed by atoms with Gasteiger partial charge in [-0.3, -0.25) is 9.11 Å². The molecule has 0 bridgehead atoms. The number of azo groups is 1. The van der Waals surface area contributed by atoms with Crippen LogP contribution in [0.25, 0.3) is 5.69 Å². The van der Waals surface area contributed by atoms with Crippen molar-refractivity contribution in [2.24, 2.45) is 10.2 Å². The Hall–Kier alpha value is -2.66. The van der Waals surface area contributed by atoms with Crippen molar-refractivity contribution in [1.82, 2.24) is 9.78 Å². The zero-order chi connectivity index (χ0) is 23.0. The van der Waals surface area contributed by atoms with E-state index in [1.54, 1.807) is 0 Å². The van der Waals surface area contributed by atoms with Crippen molar-refractivity contribution in [2.75, 3.05) is 0 Å². The Morgan fingerprint density at radius 1 is 0.844 bits per heavy atom. The minimum atomic E-state index is -4.45. The molecule has 0 aliphatic carbocycles. The molecule has 1 aromatic heterocycles. The monoisotopic (exact) mass is 492 g/mol. The molecule has 0 fully saturated rings. The molecule has 0 aliphatic heterocycles. The molecule has 1 heterocycles. The van der Waals surface area contributed by atoms with Crippen LogP contribution in [-0.2, 0) is 20.2 Å². The standard InChI is InChI=1S/C16H12N4O9S2.Na.H/c21-15-13(18-17-9-1-5-11(6-2-9)30(24,25)26)14(16(22)23)19-20(15)10-3-7-12(8-4-10)31(27,28)29;;/h1-8,21H,(H,22,23)(H,24,25,26)(H,27,28,29);;. The van der Waals surface area contributed by atoms with Crippen LogP contribution >= 0.6 is 0 Å². The van der Waals surface area contributed by atoms with Gasteiger partial charge < -0.3 is 10.2 Å². The van der Waals surface area contributed by atoms with Crippen molar-refractivity contribution < 1.29 is 40.9 Å². The third-order valence-electron chi connectivity index (χ3n) is 3.82. The molecule has 0 aliphatic rings. The number of aromatic nitrogens is 2. The maximum atomic E-state index is 11.5. The zero-order valence-corrected chi connectivity index (χ0v) is 16.7. The van der Waals surface area contributed by atoms with Crippen LogP contribution in [0.5, 0.6) is 5.88 Å². The Morgan fingerprint density at radius 3 is 1.75 bits per heavy atom. The van der Waals surface area contributed by atoms with Crippen molar-refractivity contribution in [3.05, 3.63) is 54.2 Å². The van der Waals surface area contributed by atoms with Gasteiger partial charge in [0, 0.05) is 0 Å². The second-order valence-corrected chi connectivity index (χ2v) is 8.72. The van der Waals surface area contributed by atoms with Gasteiger partial charge in [0.25, 0.3) is 20.2 Å². The molecule has 3 aromatic rings. The van der Waals surface area contributed by atoms with E-state index in [1.807, 2.05) is 0 Å². The van der Waals surface area contributed by atoms with Crippen LogP contribution in [0.1, 0.15) is 10.5 Å². The fourth-order valence-electron chi connectivity index (χ4n) is 2.37. The van der Waals surface area contributed by atoms with Crippen LogP contribution in [0.2, 0.25) is 0 Å². The Bertz CT molecular complexity index is 1400. The number of carbonyl (C=O) groups is 1. The molecule has 0 amide bonds. The van der Waals surface area contributed by atoms with Gasteiger partial charge in [-0.25, -0.2) is 4.79 Å². The predicted octanol–water partition coefficient (Wildman–Crippen LogP) is 1.54. The van der Waals surface area contributed by atoms with Crippen molar-refractivity contribution in [1.29, 1.82) is 0 Å². The zero-order valence-electron chi connectivity index (χ0n) is 15.1. The molecule has 0 atom stereocenters. The number of hydrogen-bond acceptors (Lipinski definition) is 9. The number of carboxylic acids is 1. The fourth-order valence-corrected chi connectivity index (χ4v) is 3.33. The van der Waals surface area contributed by atoms with E-state index in [9.17, 15) is 31.8 Å². The van der Waals surface area contributed by atoms with Gasteiger partial charge in [-0.1, -0.05) is 0 Å². The average Bonchev–Trinajstić information content (AvgIpc) is 3.02. The fraction of sp³-hybridized carbons (Fsp3) is 0. The number of rotatable bonds is 6. The second kappa shape index (κ2) is 9.45. The van der Waals surface area contributed by atoms with Gasteiger partial charge in [-0.2, -0.15) is 31.7 Å². The van der Waals surface area contributed by atoms with Gasteiger partial charge in [-0.05, 0) is 48.5 Å². The molecule has 3 rings (SSSR count). The molecule has 0 saturated heterocycles. The molecule has 0 spiro atoms. The number of carboxylic acid groups (broad SMARTS) is 1. The number of aromatic carboxylic acids is 1. The van der Waals surface area contributed by atoms with Crippen LogP contribution in [0.15, 0.2) is 68.6 Å². The molecule has 32 heavy (non-hydrogen) atoms. The van der Waals surface area contributed by atoms with Crippen LogP contribution in [-0.4, -0.2) is 81.5 Å². The quantitative estimate of drug-likeness (QED) is 0.221. The summed E-state index contributed by atoms with van der Waals surface area (Å²) in [5.41, 5.74) is -1.06. The maximum absolute atomic E-state index is 11.5. The van der Waals surface area contributed by atoms with E-state index < -0.39 is 48.4 Å². The Morgan fingerprint density at radius 2 is 1.31 bits per heavy atom. The van der Waals surface area contributed by atoms with E-state index in [0.29, 0.717) is 0 Å². The van der Waals surface area contributed by atoms with Crippen molar-refractivity contribution in [3.8, 4) is 11.6 Å². The first-order valence-electron chi connectivity index (χ1n) is 8.00. The molecule has 164 valence electrons. The molecular weight excluding hydrogens is 479 g/mol. The van der Waals surface area contributed by atoms with Crippen molar-refractivity contribution in [2.45, 2.75) is 9.79 Å². The molecule has 0 saturated carbocycles. The molecule has 4 N–H and O–H groups in total. The van der Waals surface area contributed by atoms with Crippen molar-refractivity contribution in [3.63, 3.8) is 0 Å². The Labute approximate surface area is 202 Å². The molecule has 0 unspecified atom stereocenters. The normalized spacial score (nSPS) is 11.9. The van der Waals surface area contributed by atoms with Crippen molar-refractivity contribution >= 4 is 67.1 Å². The van der Waals surface area contributed by atoms with Gasteiger partial charge in [0.05, 0.1) is 21.2 Å². The van der Waals surface area contributed by atoms with Gasteiger partial charge in [0.1, 0.15) is 0 Å². The van der Waals surface area contributed by atoms with Crippen LogP contribution in [0.3, 0.4) is 0 Å². The van der Waals surface area contributed by atoms with Gasteiger partial charge in [0.15, 0.2) is 5.69 Å². The summed E-state index contributed by atoms with van der Waals surface area (Å²) in [6, 6.07) is 8.82. The molecular formula is C16H13N4NaO9S2. The summed E-state index contributed by atoms with van der Waals surface area (Å²) in [5.74, 6) is -2.27. The van der Waals surface area contributed by atoms with Gasteiger partial charge >= 0.3 is 35.5 Å². The second-order valence-electron chi connectivity index (χ2n) is 5.88. The Balaban J connectivity index is 0.00000363. The summed E-state index contributed by atoms with van der Waals surface area (Å²) in [7, 11) is -8.86. The van der Waals surface area contributed by atoms with E-state index >= 15 is 0 Å². The number of hydrogen-bond donors (Lipinski definition) is 4. The number of aromatic hydroxyl groups is 1. The van der Waals surface area contributed by atoms with E-state index in [0.717, 1.165) is 41.1 Å². The summed E-state index contributed by atoms with van der Waals surface area (Å²) in [6.45, 7) is 0. The van der Waals surface area contributed by atoms with Crippen LogP contribution in [0.4, 0.5) is 11.4 Å². The first-order chi connectivity index (χ1) is 14.4. The van der Waals surface area contributed by atoms with E-state index in [-0.39, 0.29) is 45.8 Å². The molecule has 16 heteroatoms. The third-order valence-corrected chi connectivity index (χ3v) is 5.55. The molecule has 2 aromatic carbocycles. The summed E-state index contributed by atoms with van der Waals surface area (Å²) in [6.07, 6.45) is 0. The van der Waals surface area contributed by atoms with Crippen LogP contribution in [0, 0.1) is 0 Å². The third kappa shape index (κ3) is 5.57. The van der Waals surface area contributed by atoms with Gasteiger partial charge in [0.2, 0.25) is 11.6 Å². The van der Waals surface area contributed by atoms with E-state index in [2.05, 4.69) is 15.3 Å². The number of benzene rings is 2. The predicted molar refractivity (Wildman–Crippen MR) is 110 cm³/mol. The molecule has 0 radical (unpaired) electrons. The molecule has 13 nitrogen and oxygen atoms in total. The summed E-state index contributed by atoms with van der Waals surface area (Å²) in [5, 5.41) is 30.8. The number of nitrogens with zero attached hydrogens (tertiary/aromatic N) is 4. The topological polar surface area (TPSA) is 209 Å². The summed E-state index contributed by atoms with van der Waals surface area (Å²) in [4.78, 5) is 10.7. The van der Waals surface area contributed by atoms with E-state index in [4.69, 9.17) is 9.11 Å². The Kier molecular flexibility index (Phi) is 7.56. The first-order valence-corrected chi connectivity index (χ1v) is 10.9. The van der Waals surface area contributed by atoms with E-state index in [1.165, 1.54) is 12.1 Å². The van der Waals surface area contributed by atoms with Crippen LogP contribution < -0.4 is 0 Å². The summed E-state index contributed by atoms with van der Waals surface area (Å²) >= 11 is 0. The summed E-state index contributed by atoms with van der Waals surface area (Å²) < 4.78 is 63.1. The SMILES string of the molecule is O=C(O)c1nn(-c2ccc(S(=O)(=O)O)cc2)c(O)c1N=Nc1ccc(S(=O)(=O)O)cc1.[NaH]. The van der Waals surface area contributed by atoms with Gasteiger partial charge in [-0.15, -0.1) is 5.11 Å². The minimum absolute atomic E-state index is 0. The average molecular weight is 492 g/mol. The first kappa shape index (κ1) is 25.6.